The molecule has 1 aromatic carbocycles. The predicted octanol–water partition coefficient (Wildman–Crippen LogP) is 4.16. The number of ketones is 1. The van der Waals surface area contributed by atoms with Crippen molar-refractivity contribution in [3.05, 3.63) is 42.5 Å². The van der Waals surface area contributed by atoms with Gasteiger partial charge in [0, 0.05) is 0 Å². The molecule has 1 spiro atoms. The van der Waals surface area contributed by atoms with Gasteiger partial charge in [0.25, 0.3) is 0 Å². The molecule has 3 fully saturated rings. The van der Waals surface area contributed by atoms with E-state index in [0.29, 0.717) is 49.1 Å². The second-order valence-electron chi connectivity index (χ2n) is 9.59. The average molecular weight is 459 g/mol. The van der Waals surface area contributed by atoms with Crippen LogP contribution in [0.25, 0.3) is 0 Å². The fraction of sp³-hybridized carbons (Fsp3) is 0.640. The van der Waals surface area contributed by atoms with Crippen LogP contribution in [-0.4, -0.2) is 39.7 Å². The second kappa shape index (κ2) is 7.64. The fourth-order valence-electron chi connectivity index (χ4n) is 6.71. The minimum absolute atomic E-state index is 0.150. The normalized spacial score (nSPS) is 38.2. The van der Waals surface area contributed by atoms with Crippen LogP contribution in [0.4, 0.5) is 0 Å². The third kappa shape index (κ3) is 3.19. The van der Waals surface area contributed by atoms with E-state index in [4.69, 9.17) is 9.47 Å². The first-order valence-corrected chi connectivity index (χ1v) is 13.0. The molecule has 0 amide bonds. The third-order valence-corrected chi connectivity index (χ3v) is 11.2. The first-order chi connectivity index (χ1) is 14.1. The van der Waals surface area contributed by atoms with Gasteiger partial charge in [-0.05, 0) is 0 Å². The van der Waals surface area contributed by atoms with E-state index >= 15 is 0 Å². The number of hydrogen-bond acceptors (Lipinski definition) is 3. The molecule has 1 aliphatic heterocycles. The van der Waals surface area contributed by atoms with E-state index in [1.54, 1.807) is 0 Å². The summed E-state index contributed by atoms with van der Waals surface area (Å²) in [6, 6.07) is 10.8. The minimum atomic E-state index is -0.566. The topological polar surface area (TPSA) is 35.5 Å². The molecule has 0 bridgehead atoms. The van der Waals surface area contributed by atoms with E-state index in [1.807, 2.05) is 0 Å². The molecule has 0 aromatic heterocycles. The van der Waals surface area contributed by atoms with E-state index in [2.05, 4.69) is 56.3 Å². The van der Waals surface area contributed by atoms with Crippen molar-refractivity contribution < 1.29 is 14.3 Å². The van der Waals surface area contributed by atoms with Crippen LogP contribution in [0.5, 0.6) is 0 Å². The van der Waals surface area contributed by atoms with E-state index < -0.39 is 5.79 Å². The average Bonchev–Trinajstić information content (AvgIpc) is 3.29. The standard InChI is InChI=1S/C25H32O3Se/c1-17(2)19-11-13-24(29-18-8-4-3-5-9-18)22(26)16-21-20(23(19)24)10-6-7-12-25(21)27-14-15-28-25/h3-9,17,19-21,23H,10-16H2,1-2H3/t19-,20+,21+,23+,24+/m1/s1. The Labute approximate surface area is 180 Å². The van der Waals surface area contributed by atoms with Crippen molar-refractivity contribution in [1.82, 2.24) is 0 Å². The maximum atomic E-state index is 14.0. The third-order valence-electron chi connectivity index (χ3n) is 7.92. The molecular formula is C25H32O3Se. The molecule has 1 saturated heterocycles. The van der Waals surface area contributed by atoms with Gasteiger partial charge in [-0.15, -0.1) is 0 Å². The molecular weight excluding hydrogens is 427 g/mol. The Kier molecular flexibility index (Phi) is 5.27. The number of allylic oxidation sites excluding steroid dienone is 1. The summed E-state index contributed by atoms with van der Waals surface area (Å²) in [4.78, 5) is 14.0. The predicted molar refractivity (Wildman–Crippen MR) is 115 cm³/mol. The van der Waals surface area contributed by atoms with Crippen molar-refractivity contribution in [3.63, 3.8) is 0 Å². The number of hydrogen-bond donors (Lipinski definition) is 0. The summed E-state index contributed by atoms with van der Waals surface area (Å²) < 4.78 is 13.7. The van der Waals surface area contributed by atoms with Gasteiger partial charge in [-0.3, -0.25) is 0 Å². The number of fused-ring (bicyclic) bond motifs is 4. The molecule has 2 saturated carbocycles. The van der Waals surface area contributed by atoms with Crippen molar-refractivity contribution in [1.29, 1.82) is 0 Å². The summed E-state index contributed by atoms with van der Waals surface area (Å²) in [6.45, 7) is 6.02. The quantitative estimate of drug-likeness (QED) is 0.503. The molecule has 0 unspecified atom stereocenters. The molecule has 4 heteroatoms. The zero-order chi connectivity index (χ0) is 20.1. The maximum absolute atomic E-state index is 14.0. The van der Waals surface area contributed by atoms with Crippen molar-refractivity contribution in [2.75, 3.05) is 13.2 Å². The van der Waals surface area contributed by atoms with Crippen LogP contribution in [0.1, 0.15) is 46.0 Å². The molecule has 3 aliphatic carbocycles. The van der Waals surface area contributed by atoms with Crippen LogP contribution >= 0.6 is 0 Å². The Morgan fingerprint density at radius 2 is 1.86 bits per heavy atom. The van der Waals surface area contributed by atoms with E-state index in [0.717, 1.165) is 19.3 Å². The molecule has 0 N–H and O–H groups in total. The van der Waals surface area contributed by atoms with Gasteiger partial charge in [-0.25, -0.2) is 0 Å². The van der Waals surface area contributed by atoms with Gasteiger partial charge in [0.2, 0.25) is 0 Å². The Bertz CT molecular complexity index is 783. The number of benzene rings is 1. The summed E-state index contributed by atoms with van der Waals surface area (Å²) in [6.07, 6.45) is 9.33. The number of Topliss-reactive ketones (excluding diaryl/α,β-unsaturated/α-hetero) is 1. The van der Waals surface area contributed by atoms with Crippen molar-refractivity contribution in [3.8, 4) is 0 Å². The summed E-state index contributed by atoms with van der Waals surface area (Å²) in [7, 11) is 0. The monoisotopic (exact) mass is 460 g/mol. The van der Waals surface area contributed by atoms with Gasteiger partial charge in [0.1, 0.15) is 0 Å². The Morgan fingerprint density at radius 1 is 1.10 bits per heavy atom. The molecule has 3 nitrogen and oxygen atoms in total. The number of carbonyl (C=O) groups excluding carboxylic acids is 1. The zero-order valence-electron chi connectivity index (χ0n) is 17.5. The van der Waals surface area contributed by atoms with Gasteiger partial charge < -0.3 is 0 Å². The zero-order valence-corrected chi connectivity index (χ0v) is 19.2. The van der Waals surface area contributed by atoms with E-state index in [9.17, 15) is 4.79 Å². The number of rotatable bonds is 3. The van der Waals surface area contributed by atoms with Crippen LogP contribution in [-0.2, 0) is 14.3 Å². The van der Waals surface area contributed by atoms with Gasteiger partial charge >= 0.3 is 181 Å². The van der Waals surface area contributed by atoms with Crippen LogP contribution in [0.15, 0.2) is 42.5 Å². The SMILES string of the molecule is CC(C)[C@H]1CC[C@]2([Se]c3ccccc3)C(=O)C[C@H]3[C@H](CC=CCC34OCCO4)[C@H]12. The van der Waals surface area contributed by atoms with Gasteiger partial charge in [0.15, 0.2) is 0 Å². The molecule has 4 aliphatic rings. The summed E-state index contributed by atoms with van der Waals surface area (Å²) >= 11 is 0.172. The summed E-state index contributed by atoms with van der Waals surface area (Å²) in [5.41, 5.74) is 0. The van der Waals surface area contributed by atoms with Crippen LogP contribution in [0, 0.1) is 29.6 Å². The second-order valence-corrected chi connectivity index (χ2v) is 12.5. The van der Waals surface area contributed by atoms with Crippen LogP contribution < -0.4 is 4.46 Å². The summed E-state index contributed by atoms with van der Waals surface area (Å²) in [5, 5.41) is 0. The number of ether oxygens (including phenoxy) is 2. The van der Waals surface area contributed by atoms with Gasteiger partial charge in [-0.2, -0.15) is 0 Å². The van der Waals surface area contributed by atoms with E-state index in [-0.39, 0.29) is 25.2 Å². The van der Waals surface area contributed by atoms with Crippen molar-refractivity contribution in [2.24, 2.45) is 29.6 Å². The summed E-state index contributed by atoms with van der Waals surface area (Å²) in [5.74, 6) is 2.26. The Morgan fingerprint density at radius 3 is 2.59 bits per heavy atom. The number of carbonyl (C=O) groups is 1. The van der Waals surface area contributed by atoms with Crippen LogP contribution in [0.2, 0.25) is 4.31 Å². The molecule has 29 heavy (non-hydrogen) atoms. The molecule has 5 atom stereocenters. The van der Waals surface area contributed by atoms with Gasteiger partial charge in [0.05, 0.1) is 0 Å². The molecule has 1 aromatic rings. The van der Waals surface area contributed by atoms with Gasteiger partial charge in [-0.1, -0.05) is 0 Å². The molecule has 0 radical (unpaired) electrons. The molecule has 1 heterocycles. The first-order valence-electron chi connectivity index (χ1n) is 11.3. The fourth-order valence-corrected chi connectivity index (χ4v) is 10.1. The Hall–Kier alpha value is -0.931. The van der Waals surface area contributed by atoms with Crippen LogP contribution in [0.3, 0.4) is 0 Å². The van der Waals surface area contributed by atoms with E-state index in [1.165, 1.54) is 10.9 Å². The molecule has 5 rings (SSSR count). The Balaban J connectivity index is 1.58. The molecule has 156 valence electrons. The first kappa shape index (κ1) is 20.0. The van der Waals surface area contributed by atoms with Crippen molar-refractivity contribution in [2.45, 2.75) is 56.1 Å². The van der Waals surface area contributed by atoms with Crippen molar-refractivity contribution >= 4 is 25.2 Å².